The quantitative estimate of drug-likeness (QED) is 0.499. The minimum absolute atomic E-state index is 0.160. The van der Waals surface area contributed by atoms with E-state index in [-0.39, 0.29) is 12.3 Å². The Morgan fingerprint density at radius 2 is 1.47 bits per heavy atom. The smallest absolute Gasteiger partial charge is 0.143 e. The fourth-order valence-corrected chi connectivity index (χ4v) is 7.80. The van der Waals surface area contributed by atoms with Gasteiger partial charge in [0.2, 0.25) is 0 Å². The minimum Gasteiger partial charge on any atom is -0.393 e. The maximum absolute atomic E-state index is 11.5. The third-order valence-corrected chi connectivity index (χ3v) is 9.43. The Morgan fingerprint density at radius 1 is 0.812 bits per heavy atom. The number of likely N-dealkylation sites (N-methyl/N-ethyl adjacent to an activating group) is 1. The highest BCUT2D eigenvalue weighted by Crippen LogP contribution is 2.49. The summed E-state index contributed by atoms with van der Waals surface area (Å²) in [5.74, 6) is 2.35. The zero-order valence-corrected chi connectivity index (χ0v) is 20.7. The van der Waals surface area contributed by atoms with E-state index in [1.165, 1.54) is 11.5 Å². The number of nitrogens with zero attached hydrogens (tertiary/aromatic N) is 6. The average Bonchev–Trinajstić information content (AvgIpc) is 3.23. The first-order chi connectivity index (χ1) is 15.7. The fourth-order valence-electron chi connectivity index (χ4n) is 6.92. The molecule has 2 unspecified atom stereocenters. The Hall–Kier alpha value is -0.0100. The fraction of sp³-hybridized carbons (Fsp3) is 1.00. The van der Waals surface area contributed by atoms with Crippen LogP contribution in [-0.4, -0.2) is 170 Å². The Balaban J connectivity index is 1.59. The number of thioether (sulfide) groups is 1. The highest BCUT2D eigenvalue weighted by Gasteiger charge is 2.68. The van der Waals surface area contributed by atoms with Crippen molar-refractivity contribution in [1.82, 2.24) is 34.9 Å². The van der Waals surface area contributed by atoms with Crippen molar-refractivity contribution < 1.29 is 9.84 Å². The van der Waals surface area contributed by atoms with Crippen molar-refractivity contribution in [1.29, 1.82) is 0 Å². The molecule has 0 spiro atoms. The second-order valence-corrected chi connectivity index (χ2v) is 11.1. The SMILES string of the molecule is CN1CCN(C2(N3CCNCC3)CCN(N3CCSCC3)C2(CO)N2CCOCC2)CC1. The van der Waals surface area contributed by atoms with E-state index in [1.54, 1.807) is 0 Å². The van der Waals surface area contributed by atoms with Crippen molar-refractivity contribution in [2.45, 2.75) is 17.7 Å². The number of piperazine rings is 2. The van der Waals surface area contributed by atoms with Crippen LogP contribution in [0.4, 0.5) is 0 Å². The molecule has 5 aliphatic rings. The summed E-state index contributed by atoms with van der Waals surface area (Å²) in [5, 5.41) is 20.3. The number of hydrazine groups is 1. The van der Waals surface area contributed by atoms with E-state index in [1.807, 2.05) is 0 Å². The molecule has 5 fully saturated rings. The van der Waals surface area contributed by atoms with E-state index in [0.717, 1.165) is 105 Å². The standard InChI is InChI=1S/C22H43N7O2S/c1-24-8-10-26(11-9-24)21(25-6-3-23-4-7-25)2-5-29(28-14-18-32-19-15-28)22(21,20-30)27-12-16-31-17-13-27/h23,30H,2-20H2,1H3. The van der Waals surface area contributed by atoms with E-state index in [2.05, 4.69) is 53.7 Å². The van der Waals surface area contributed by atoms with Crippen molar-refractivity contribution in [3.63, 3.8) is 0 Å². The zero-order valence-electron chi connectivity index (χ0n) is 19.9. The van der Waals surface area contributed by atoms with Gasteiger partial charge in [0.05, 0.1) is 19.8 Å². The number of aliphatic hydroxyl groups excluding tert-OH is 1. The molecule has 10 heteroatoms. The lowest BCUT2D eigenvalue weighted by Crippen LogP contribution is -2.84. The van der Waals surface area contributed by atoms with Gasteiger partial charge in [0.1, 0.15) is 11.3 Å². The van der Waals surface area contributed by atoms with Crippen LogP contribution in [0.2, 0.25) is 0 Å². The number of ether oxygens (including phenoxy) is 1. The molecule has 5 saturated heterocycles. The summed E-state index contributed by atoms with van der Waals surface area (Å²) in [7, 11) is 2.24. The van der Waals surface area contributed by atoms with Crippen LogP contribution in [0, 0.1) is 0 Å². The van der Waals surface area contributed by atoms with Gasteiger partial charge in [-0.2, -0.15) is 11.8 Å². The Morgan fingerprint density at radius 3 is 2.12 bits per heavy atom. The van der Waals surface area contributed by atoms with Crippen LogP contribution >= 0.6 is 11.8 Å². The first-order valence-corrected chi connectivity index (χ1v) is 13.8. The van der Waals surface area contributed by atoms with Crippen molar-refractivity contribution in [3.8, 4) is 0 Å². The molecular formula is C22H43N7O2S. The third kappa shape index (κ3) is 3.94. The van der Waals surface area contributed by atoms with Gasteiger partial charge in [-0.1, -0.05) is 0 Å². The minimum atomic E-state index is -0.438. The summed E-state index contributed by atoms with van der Waals surface area (Å²) in [6, 6.07) is 0. The van der Waals surface area contributed by atoms with Gasteiger partial charge in [-0.05, 0) is 13.5 Å². The van der Waals surface area contributed by atoms with Gasteiger partial charge < -0.3 is 20.1 Å². The predicted octanol–water partition coefficient (Wildman–Crippen LogP) is -1.47. The first kappa shape index (κ1) is 23.7. The molecule has 2 N–H and O–H groups in total. The number of hydrogen-bond acceptors (Lipinski definition) is 10. The average molecular weight is 470 g/mol. The lowest BCUT2D eigenvalue weighted by molar-refractivity contribution is -0.264. The molecule has 0 bridgehead atoms. The maximum Gasteiger partial charge on any atom is 0.143 e. The lowest BCUT2D eigenvalue weighted by Gasteiger charge is -2.64. The van der Waals surface area contributed by atoms with Crippen LogP contribution in [0.15, 0.2) is 0 Å². The molecule has 9 nitrogen and oxygen atoms in total. The molecule has 184 valence electrons. The molecule has 0 aliphatic carbocycles. The Labute approximate surface area is 197 Å². The highest BCUT2D eigenvalue weighted by molar-refractivity contribution is 7.99. The number of hydrogen-bond donors (Lipinski definition) is 2. The molecule has 0 amide bonds. The van der Waals surface area contributed by atoms with Crippen LogP contribution < -0.4 is 5.32 Å². The maximum atomic E-state index is 11.5. The summed E-state index contributed by atoms with van der Waals surface area (Å²) in [6.07, 6.45) is 1.08. The van der Waals surface area contributed by atoms with Crippen molar-refractivity contribution in [3.05, 3.63) is 0 Å². The van der Waals surface area contributed by atoms with Gasteiger partial charge in [-0.3, -0.25) is 14.7 Å². The molecule has 0 aromatic rings. The van der Waals surface area contributed by atoms with Crippen LogP contribution in [0.1, 0.15) is 6.42 Å². The van der Waals surface area contributed by atoms with Gasteiger partial charge in [0, 0.05) is 96.6 Å². The molecule has 0 aromatic carbocycles. The second kappa shape index (κ2) is 10.3. The summed E-state index contributed by atoms with van der Waals surface area (Å²) >= 11 is 2.06. The van der Waals surface area contributed by atoms with Crippen molar-refractivity contribution in [2.24, 2.45) is 0 Å². The highest BCUT2D eigenvalue weighted by atomic mass is 32.2. The molecular weight excluding hydrogens is 426 g/mol. The predicted molar refractivity (Wildman–Crippen MR) is 129 cm³/mol. The topological polar surface area (TPSA) is 60.9 Å². The molecule has 32 heavy (non-hydrogen) atoms. The van der Waals surface area contributed by atoms with Crippen LogP contribution in [0.3, 0.4) is 0 Å². The largest absolute Gasteiger partial charge is 0.393 e. The lowest BCUT2D eigenvalue weighted by atomic mass is 9.86. The summed E-state index contributed by atoms with van der Waals surface area (Å²) in [5.41, 5.74) is -0.626. The summed E-state index contributed by atoms with van der Waals surface area (Å²) in [4.78, 5) is 10.6. The molecule has 5 heterocycles. The molecule has 0 saturated carbocycles. The Kier molecular flexibility index (Phi) is 7.64. The molecule has 0 radical (unpaired) electrons. The van der Waals surface area contributed by atoms with Crippen LogP contribution in [0.25, 0.3) is 0 Å². The monoisotopic (exact) mass is 469 g/mol. The Bertz CT molecular complexity index is 607. The second-order valence-electron chi connectivity index (χ2n) is 9.86. The summed E-state index contributed by atoms with van der Waals surface area (Å²) in [6.45, 7) is 15.1. The molecule has 0 aromatic heterocycles. The van der Waals surface area contributed by atoms with Crippen LogP contribution in [-0.2, 0) is 4.74 Å². The van der Waals surface area contributed by atoms with E-state index in [9.17, 15) is 5.11 Å². The van der Waals surface area contributed by atoms with E-state index in [0.29, 0.717) is 0 Å². The van der Waals surface area contributed by atoms with E-state index < -0.39 is 5.66 Å². The van der Waals surface area contributed by atoms with Gasteiger partial charge >= 0.3 is 0 Å². The molecule has 5 rings (SSSR count). The third-order valence-electron chi connectivity index (χ3n) is 8.49. The normalized spacial score (nSPS) is 38.4. The number of morpholine rings is 1. The van der Waals surface area contributed by atoms with Gasteiger partial charge in [-0.25, -0.2) is 10.0 Å². The number of nitrogens with one attached hydrogen (secondary N) is 1. The van der Waals surface area contributed by atoms with Crippen molar-refractivity contribution in [2.75, 3.05) is 123 Å². The van der Waals surface area contributed by atoms with E-state index in [4.69, 9.17) is 4.74 Å². The van der Waals surface area contributed by atoms with Gasteiger partial charge in [0.25, 0.3) is 0 Å². The summed E-state index contributed by atoms with van der Waals surface area (Å²) < 4.78 is 5.80. The van der Waals surface area contributed by atoms with Crippen molar-refractivity contribution >= 4 is 11.8 Å². The van der Waals surface area contributed by atoms with Crippen LogP contribution in [0.5, 0.6) is 0 Å². The number of rotatable bonds is 5. The molecule has 5 aliphatic heterocycles. The first-order valence-electron chi connectivity index (χ1n) is 12.7. The zero-order chi connectivity index (χ0) is 22.0. The number of aliphatic hydroxyl groups is 1. The van der Waals surface area contributed by atoms with E-state index >= 15 is 0 Å². The molecule has 2 atom stereocenters. The van der Waals surface area contributed by atoms with Gasteiger partial charge in [-0.15, -0.1) is 0 Å². The van der Waals surface area contributed by atoms with Gasteiger partial charge in [0.15, 0.2) is 0 Å².